The fraction of sp³-hybridized carbons (Fsp3) is 0.583. The van der Waals surface area contributed by atoms with Gasteiger partial charge in [-0.15, -0.1) is 0 Å². The van der Waals surface area contributed by atoms with Gasteiger partial charge in [0.15, 0.2) is 0 Å². The summed E-state index contributed by atoms with van der Waals surface area (Å²) in [6.45, 7) is 6.26. The first kappa shape index (κ1) is 13.6. The van der Waals surface area contributed by atoms with Crippen LogP contribution in [0.4, 0.5) is 0 Å². The van der Waals surface area contributed by atoms with Gasteiger partial charge in [-0.25, -0.2) is 0 Å². The number of aromatic nitrogens is 1. The van der Waals surface area contributed by atoms with Crippen LogP contribution in [-0.4, -0.2) is 28.4 Å². The number of halogens is 1. The highest BCUT2D eigenvalue weighted by Gasteiger charge is 2.14. The van der Waals surface area contributed by atoms with Crippen LogP contribution in [-0.2, 0) is 11.2 Å². The van der Waals surface area contributed by atoms with Crippen molar-refractivity contribution in [1.29, 1.82) is 0 Å². The van der Waals surface area contributed by atoms with E-state index in [1.807, 2.05) is 26.8 Å². The molecule has 0 aliphatic heterocycles. The number of hydrogen-bond donors (Lipinski definition) is 1. The van der Waals surface area contributed by atoms with Crippen LogP contribution in [0.15, 0.2) is 22.9 Å². The normalized spacial score (nSPS) is 13.8. The second kappa shape index (κ2) is 5.75. The van der Waals surface area contributed by atoms with E-state index in [9.17, 15) is 5.11 Å². The van der Waals surface area contributed by atoms with Crippen molar-refractivity contribution < 1.29 is 9.84 Å². The molecule has 0 saturated carbocycles. The van der Waals surface area contributed by atoms with Crippen molar-refractivity contribution in [2.24, 2.45) is 0 Å². The molecule has 1 heterocycles. The highest BCUT2D eigenvalue weighted by Crippen LogP contribution is 2.13. The molecule has 0 amide bonds. The summed E-state index contributed by atoms with van der Waals surface area (Å²) in [5.41, 5.74) is 0.788. The summed E-state index contributed by atoms with van der Waals surface area (Å²) in [4.78, 5) is 4.05. The lowest BCUT2D eigenvalue weighted by Crippen LogP contribution is -2.27. The first-order valence-corrected chi connectivity index (χ1v) is 6.07. The van der Waals surface area contributed by atoms with E-state index < -0.39 is 6.10 Å². The highest BCUT2D eigenvalue weighted by molar-refractivity contribution is 9.10. The summed E-state index contributed by atoms with van der Waals surface area (Å²) in [5.74, 6) is 0. The van der Waals surface area contributed by atoms with Crippen molar-refractivity contribution in [1.82, 2.24) is 4.98 Å². The van der Waals surface area contributed by atoms with Crippen molar-refractivity contribution in [2.45, 2.75) is 38.9 Å². The second-order valence-corrected chi connectivity index (χ2v) is 5.71. The lowest BCUT2D eigenvalue weighted by atomic mass is 10.1. The molecule has 90 valence electrons. The summed E-state index contributed by atoms with van der Waals surface area (Å²) in [5, 5.41) is 9.79. The molecule has 0 aromatic carbocycles. The van der Waals surface area contributed by atoms with Crippen molar-refractivity contribution in [2.75, 3.05) is 6.61 Å². The van der Waals surface area contributed by atoms with Gasteiger partial charge >= 0.3 is 0 Å². The molecule has 1 aromatic heterocycles. The number of ether oxygens (including phenoxy) is 1. The molecule has 0 radical (unpaired) electrons. The standard InChI is InChI=1S/C12H18BrNO2/c1-12(2,3)16-8-11(15)5-9-4-10(13)7-14-6-9/h4,6-7,11,15H,5,8H2,1-3H3. The van der Waals surface area contributed by atoms with Crippen LogP contribution in [0.5, 0.6) is 0 Å². The number of aliphatic hydroxyl groups is 1. The Labute approximate surface area is 105 Å². The Balaban J connectivity index is 2.43. The SMILES string of the molecule is CC(C)(C)OCC(O)Cc1cncc(Br)c1. The largest absolute Gasteiger partial charge is 0.390 e. The van der Waals surface area contributed by atoms with E-state index in [-0.39, 0.29) is 5.60 Å². The highest BCUT2D eigenvalue weighted by atomic mass is 79.9. The van der Waals surface area contributed by atoms with Crippen LogP contribution in [0.1, 0.15) is 26.3 Å². The van der Waals surface area contributed by atoms with Gasteiger partial charge in [0.05, 0.1) is 18.3 Å². The Morgan fingerprint density at radius 1 is 1.44 bits per heavy atom. The summed E-state index contributed by atoms with van der Waals surface area (Å²) in [6, 6.07) is 1.95. The van der Waals surface area contributed by atoms with Gasteiger partial charge in [-0.1, -0.05) is 0 Å². The van der Waals surface area contributed by atoms with E-state index in [0.29, 0.717) is 13.0 Å². The van der Waals surface area contributed by atoms with Gasteiger partial charge < -0.3 is 9.84 Å². The molecule has 0 fully saturated rings. The van der Waals surface area contributed by atoms with E-state index in [1.165, 1.54) is 0 Å². The van der Waals surface area contributed by atoms with Gasteiger partial charge in [-0.05, 0) is 48.3 Å². The van der Waals surface area contributed by atoms with Gasteiger partial charge in [-0.3, -0.25) is 4.98 Å². The Morgan fingerprint density at radius 3 is 2.69 bits per heavy atom. The van der Waals surface area contributed by atoms with Gasteiger partial charge in [0.1, 0.15) is 0 Å². The van der Waals surface area contributed by atoms with Gasteiger partial charge in [-0.2, -0.15) is 0 Å². The first-order valence-electron chi connectivity index (χ1n) is 5.28. The predicted molar refractivity (Wildman–Crippen MR) is 67.4 cm³/mol. The molecule has 0 spiro atoms. The average Bonchev–Trinajstić information content (AvgIpc) is 2.14. The van der Waals surface area contributed by atoms with Crippen LogP contribution in [0.25, 0.3) is 0 Å². The molecule has 1 unspecified atom stereocenters. The summed E-state index contributed by atoms with van der Waals surface area (Å²) in [7, 11) is 0. The fourth-order valence-electron chi connectivity index (χ4n) is 1.24. The average molecular weight is 288 g/mol. The van der Waals surface area contributed by atoms with Gasteiger partial charge in [0.25, 0.3) is 0 Å². The molecule has 1 rings (SSSR count). The summed E-state index contributed by atoms with van der Waals surface area (Å²) >= 11 is 3.35. The molecule has 4 heteroatoms. The van der Waals surface area contributed by atoms with E-state index in [0.717, 1.165) is 10.0 Å². The van der Waals surface area contributed by atoms with E-state index in [2.05, 4.69) is 20.9 Å². The Morgan fingerprint density at radius 2 is 2.12 bits per heavy atom. The minimum atomic E-state index is -0.490. The van der Waals surface area contributed by atoms with Crippen LogP contribution in [0, 0.1) is 0 Å². The Kier molecular flexibility index (Phi) is 4.89. The molecular weight excluding hydrogens is 270 g/mol. The van der Waals surface area contributed by atoms with Crippen molar-refractivity contribution >= 4 is 15.9 Å². The van der Waals surface area contributed by atoms with Crippen molar-refractivity contribution in [3.63, 3.8) is 0 Å². The van der Waals surface area contributed by atoms with Crippen LogP contribution >= 0.6 is 15.9 Å². The quantitative estimate of drug-likeness (QED) is 0.926. The Bertz CT molecular complexity index is 336. The van der Waals surface area contributed by atoms with Crippen LogP contribution in [0.3, 0.4) is 0 Å². The minimum absolute atomic E-state index is 0.212. The van der Waals surface area contributed by atoms with Gasteiger partial charge in [0.2, 0.25) is 0 Å². The van der Waals surface area contributed by atoms with Crippen LogP contribution < -0.4 is 0 Å². The number of hydrogen-bond acceptors (Lipinski definition) is 3. The topological polar surface area (TPSA) is 42.4 Å². The molecule has 1 N–H and O–H groups in total. The minimum Gasteiger partial charge on any atom is -0.390 e. The van der Waals surface area contributed by atoms with Crippen molar-refractivity contribution in [3.8, 4) is 0 Å². The molecule has 0 aliphatic carbocycles. The zero-order valence-corrected chi connectivity index (χ0v) is 11.5. The summed E-state index contributed by atoms with van der Waals surface area (Å²) in [6.07, 6.45) is 3.55. The van der Waals surface area contributed by atoms with E-state index in [1.54, 1.807) is 12.4 Å². The van der Waals surface area contributed by atoms with Crippen LogP contribution in [0.2, 0.25) is 0 Å². The molecule has 0 bridgehead atoms. The third-order valence-electron chi connectivity index (χ3n) is 1.94. The third kappa shape index (κ3) is 5.58. The second-order valence-electron chi connectivity index (χ2n) is 4.79. The molecule has 0 aliphatic rings. The van der Waals surface area contributed by atoms with Crippen molar-refractivity contribution in [3.05, 3.63) is 28.5 Å². The Hall–Kier alpha value is -0.450. The predicted octanol–water partition coefficient (Wildman–Crippen LogP) is 2.56. The maximum atomic E-state index is 9.79. The zero-order valence-electron chi connectivity index (χ0n) is 9.90. The molecular formula is C12H18BrNO2. The van der Waals surface area contributed by atoms with Gasteiger partial charge in [0, 0.05) is 23.3 Å². The molecule has 0 saturated heterocycles. The monoisotopic (exact) mass is 287 g/mol. The number of rotatable bonds is 4. The third-order valence-corrected chi connectivity index (χ3v) is 2.38. The smallest absolute Gasteiger partial charge is 0.0814 e. The first-order chi connectivity index (χ1) is 7.37. The number of pyridine rings is 1. The maximum absolute atomic E-state index is 9.79. The molecule has 1 atom stereocenters. The zero-order chi connectivity index (χ0) is 12.2. The lowest BCUT2D eigenvalue weighted by molar-refractivity contribution is -0.0482. The fourth-order valence-corrected chi connectivity index (χ4v) is 1.66. The summed E-state index contributed by atoms with van der Waals surface area (Å²) < 4.78 is 6.44. The number of aliphatic hydroxyl groups excluding tert-OH is 1. The molecule has 16 heavy (non-hydrogen) atoms. The molecule has 1 aromatic rings. The number of nitrogens with zero attached hydrogens (tertiary/aromatic N) is 1. The lowest BCUT2D eigenvalue weighted by Gasteiger charge is -2.21. The van der Waals surface area contributed by atoms with E-state index in [4.69, 9.17) is 4.74 Å². The molecule has 3 nitrogen and oxygen atoms in total. The maximum Gasteiger partial charge on any atom is 0.0814 e. The van der Waals surface area contributed by atoms with E-state index >= 15 is 0 Å².